The molecular formula is C12H15FN2O5S. The second kappa shape index (κ2) is 7.14. The highest BCUT2D eigenvalue weighted by molar-refractivity contribution is 7.89. The van der Waals surface area contributed by atoms with Gasteiger partial charge in [-0.2, -0.15) is 0 Å². The fourth-order valence-electron chi connectivity index (χ4n) is 1.30. The molecule has 1 amide bonds. The minimum atomic E-state index is -3.83. The molecule has 0 heterocycles. The van der Waals surface area contributed by atoms with E-state index < -0.39 is 33.8 Å². The summed E-state index contributed by atoms with van der Waals surface area (Å²) in [6, 6.07) is 4.23. The molecule has 0 bridgehead atoms. The molecular weight excluding hydrogens is 303 g/mol. The van der Waals surface area contributed by atoms with E-state index in [-0.39, 0.29) is 17.9 Å². The van der Waals surface area contributed by atoms with Crippen molar-refractivity contribution in [2.24, 2.45) is 5.73 Å². The zero-order valence-electron chi connectivity index (χ0n) is 11.2. The van der Waals surface area contributed by atoms with E-state index in [2.05, 4.69) is 9.46 Å². The van der Waals surface area contributed by atoms with Gasteiger partial charge in [-0.1, -0.05) is 0 Å². The van der Waals surface area contributed by atoms with E-state index in [1.165, 1.54) is 6.92 Å². The molecule has 0 aliphatic carbocycles. The van der Waals surface area contributed by atoms with Crippen LogP contribution in [0.1, 0.15) is 13.3 Å². The molecule has 1 atom stereocenters. The monoisotopic (exact) mass is 318 g/mol. The summed E-state index contributed by atoms with van der Waals surface area (Å²) in [6.45, 7) is 1.09. The second-order valence-electron chi connectivity index (χ2n) is 4.14. The predicted molar refractivity (Wildman–Crippen MR) is 71.0 cm³/mol. The third-order valence-corrected chi connectivity index (χ3v) is 3.93. The van der Waals surface area contributed by atoms with Gasteiger partial charge in [0.05, 0.1) is 11.3 Å². The minimum Gasteiger partial charge on any atom is -0.453 e. The molecule has 0 fully saturated rings. The number of benzene rings is 1. The van der Waals surface area contributed by atoms with E-state index in [1.54, 1.807) is 0 Å². The zero-order chi connectivity index (χ0) is 16.0. The van der Waals surface area contributed by atoms with Crippen molar-refractivity contribution < 1.29 is 27.1 Å². The first kappa shape index (κ1) is 17.1. The van der Waals surface area contributed by atoms with Crippen molar-refractivity contribution in [3.63, 3.8) is 0 Å². The number of nitrogens with two attached hydrogens (primary N) is 1. The number of carbonyl (C=O) groups is 2. The molecule has 0 aliphatic rings. The molecule has 0 radical (unpaired) electrons. The number of ether oxygens (including phenoxy) is 1. The molecule has 1 rings (SSSR count). The van der Waals surface area contributed by atoms with Gasteiger partial charge in [0.15, 0.2) is 6.10 Å². The summed E-state index contributed by atoms with van der Waals surface area (Å²) in [5.41, 5.74) is 4.91. The van der Waals surface area contributed by atoms with Gasteiger partial charge < -0.3 is 10.5 Å². The standard InChI is InChI=1S/C12H15FN2O5S/c1-8(12(14)17)20-11(16)6-7-15-21(18,19)10-4-2-9(13)3-5-10/h2-5,8,15H,6-7H2,1H3,(H2,14,17)/t8-/m1/s1. The van der Waals surface area contributed by atoms with Crippen molar-refractivity contribution in [1.29, 1.82) is 0 Å². The molecule has 0 saturated carbocycles. The fraction of sp³-hybridized carbons (Fsp3) is 0.333. The smallest absolute Gasteiger partial charge is 0.307 e. The number of halogens is 1. The van der Waals surface area contributed by atoms with Crippen LogP contribution >= 0.6 is 0 Å². The summed E-state index contributed by atoms with van der Waals surface area (Å²) >= 11 is 0. The molecule has 0 unspecified atom stereocenters. The predicted octanol–water partition coefficient (Wildman–Crippen LogP) is -0.0889. The normalized spacial score (nSPS) is 12.7. The Morgan fingerprint density at radius 3 is 2.43 bits per heavy atom. The van der Waals surface area contributed by atoms with Gasteiger partial charge >= 0.3 is 5.97 Å². The first-order valence-electron chi connectivity index (χ1n) is 5.96. The molecule has 0 aliphatic heterocycles. The van der Waals surface area contributed by atoms with Crippen molar-refractivity contribution in [2.45, 2.75) is 24.3 Å². The molecule has 7 nitrogen and oxygen atoms in total. The Kier molecular flexibility index (Phi) is 5.79. The Labute approximate surface area is 121 Å². The van der Waals surface area contributed by atoms with Gasteiger partial charge in [0, 0.05) is 6.54 Å². The number of nitrogens with one attached hydrogen (secondary N) is 1. The summed E-state index contributed by atoms with van der Waals surface area (Å²) in [6.07, 6.45) is -1.34. The van der Waals surface area contributed by atoms with Crippen LogP contribution in [0.25, 0.3) is 0 Å². The molecule has 1 aromatic carbocycles. The van der Waals surface area contributed by atoms with Gasteiger partial charge in [-0.25, -0.2) is 17.5 Å². The van der Waals surface area contributed by atoms with Crippen LogP contribution < -0.4 is 10.5 Å². The largest absolute Gasteiger partial charge is 0.453 e. The topological polar surface area (TPSA) is 116 Å². The maximum atomic E-state index is 12.7. The van der Waals surface area contributed by atoms with Crippen molar-refractivity contribution in [2.75, 3.05) is 6.54 Å². The van der Waals surface area contributed by atoms with Gasteiger partial charge in [-0.15, -0.1) is 0 Å². The Morgan fingerprint density at radius 1 is 1.33 bits per heavy atom. The highest BCUT2D eigenvalue weighted by atomic mass is 32.2. The Balaban J connectivity index is 2.49. The molecule has 3 N–H and O–H groups in total. The van der Waals surface area contributed by atoms with Crippen LogP contribution in [0.3, 0.4) is 0 Å². The van der Waals surface area contributed by atoms with E-state index in [0.717, 1.165) is 24.3 Å². The van der Waals surface area contributed by atoms with Crippen LogP contribution in [0.4, 0.5) is 4.39 Å². The van der Waals surface area contributed by atoms with Gasteiger partial charge in [0.1, 0.15) is 5.82 Å². The molecule has 0 spiro atoms. The average Bonchev–Trinajstić information content (AvgIpc) is 2.38. The average molecular weight is 318 g/mol. The van der Waals surface area contributed by atoms with Crippen molar-refractivity contribution in [3.8, 4) is 0 Å². The van der Waals surface area contributed by atoms with E-state index in [9.17, 15) is 22.4 Å². The van der Waals surface area contributed by atoms with E-state index in [4.69, 9.17) is 5.73 Å². The van der Waals surface area contributed by atoms with Crippen LogP contribution in [0, 0.1) is 5.82 Å². The lowest BCUT2D eigenvalue weighted by molar-refractivity contribution is -0.153. The summed E-state index contributed by atoms with van der Waals surface area (Å²) < 4.78 is 43.1. The van der Waals surface area contributed by atoms with Gasteiger partial charge in [-0.3, -0.25) is 9.59 Å². The molecule has 9 heteroatoms. The van der Waals surface area contributed by atoms with Gasteiger partial charge in [0.2, 0.25) is 10.0 Å². The first-order chi connectivity index (χ1) is 9.72. The van der Waals surface area contributed by atoms with Crippen LogP contribution in [0.15, 0.2) is 29.2 Å². The summed E-state index contributed by atoms with van der Waals surface area (Å²) in [7, 11) is -3.83. The van der Waals surface area contributed by atoms with Gasteiger partial charge in [0.25, 0.3) is 5.91 Å². The maximum absolute atomic E-state index is 12.7. The Hall–Kier alpha value is -2.00. The number of primary amides is 1. The van der Waals surface area contributed by atoms with Crippen LogP contribution in [-0.4, -0.2) is 32.9 Å². The summed E-state index contributed by atoms with van der Waals surface area (Å²) in [4.78, 5) is 21.9. The maximum Gasteiger partial charge on any atom is 0.307 e. The fourth-order valence-corrected chi connectivity index (χ4v) is 2.33. The SMILES string of the molecule is C[C@@H](OC(=O)CCNS(=O)(=O)c1ccc(F)cc1)C(N)=O. The number of carbonyl (C=O) groups excluding carboxylic acids is 2. The number of hydrogen-bond donors (Lipinski definition) is 2. The molecule has 0 saturated heterocycles. The number of hydrogen-bond acceptors (Lipinski definition) is 5. The number of esters is 1. The molecule has 116 valence electrons. The lowest BCUT2D eigenvalue weighted by Crippen LogP contribution is -2.32. The number of sulfonamides is 1. The van der Waals surface area contributed by atoms with Gasteiger partial charge in [-0.05, 0) is 31.2 Å². The highest BCUT2D eigenvalue weighted by Crippen LogP contribution is 2.09. The Morgan fingerprint density at radius 2 is 1.90 bits per heavy atom. The third kappa shape index (κ3) is 5.48. The quantitative estimate of drug-likeness (QED) is 0.682. The van der Waals surface area contributed by atoms with E-state index >= 15 is 0 Å². The first-order valence-corrected chi connectivity index (χ1v) is 7.44. The minimum absolute atomic E-state index is 0.122. The molecule has 1 aromatic rings. The van der Waals surface area contributed by atoms with Crippen molar-refractivity contribution >= 4 is 21.9 Å². The molecule has 21 heavy (non-hydrogen) atoms. The lowest BCUT2D eigenvalue weighted by atomic mass is 10.4. The number of amides is 1. The summed E-state index contributed by atoms with van der Waals surface area (Å²) in [5, 5.41) is 0. The number of rotatable bonds is 7. The zero-order valence-corrected chi connectivity index (χ0v) is 12.0. The summed E-state index contributed by atoms with van der Waals surface area (Å²) in [5.74, 6) is -2.11. The highest BCUT2D eigenvalue weighted by Gasteiger charge is 2.17. The molecule has 0 aromatic heterocycles. The van der Waals surface area contributed by atoms with Crippen LogP contribution in [-0.2, 0) is 24.3 Å². The van der Waals surface area contributed by atoms with E-state index in [0.29, 0.717) is 0 Å². The van der Waals surface area contributed by atoms with Crippen molar-refractivity contribution in [3.05, 3.63) is 30.1 Å². The van der Waals surface area contributed by atoms with Crippen LogP contribution in [0.2, 0.25) is 0 Å². The third-order valence-electron chi connectivity index (χ3n) is 2.45. The Bertz CT molecular complexity index is 615. The second-order valence-corrected chi connectivity index (χ2v) is 5.90. The van der Waals surface area contributed by atoms with Crippen molar-refractivity contribution in [1.82, 2.24) is 4.72 Å². The van der Waals surface area contributed by atoms with Crippen LogP contribution in [0.5, 0.6) is 0 Å². The lowest BCUT2D eigenvalue weighted by Gasteiger charge is -2.10. The van der Waals surface area contributed by atoms with E-state index in [1.807, 2.05) is 0 Å².